The Labute approximate surface area is 98.1 Å². The summed E-state index contributed by atoms with van der Waals surface area (Å²) in [5.41, 5.74) is 0. The summed E-state index contributed by atoms with van der Waals surface area (Å²) in [5.74, 6) is 0.976. The second-order valence-electron chi connectivity index (χ2n) is 3.40. The lowest BCUT2D eigenvalue weighted by atomic mass is 10.3. The van der Waals surface area contributed by atoms with Gasteiger partial charge in [0.2, 0.25) is 0 Å². The van der Waals surface area contributed by atoms with Gasteiger partial charge in [0.25, 0.3) is 0 Å². The van der Waals surface area contributed by atoms with E-state index in [1.807, 2.05) is 0 Å². The molecule has 0 saturated carbocycles. The number of hydrogen-bond acceptors (Lipinski definition) is 4. The highest BCUT2D eigenvalue weighted by atomic mass is 32.2. The molecule has 0 fully saturated rings. The van der Waals surface area contributed by atoms with Crippen LogP contribution in [0, 0.1) is 0 Å². The molecule has 90 valence electrons. The van der Waals surface area contributed by atoms with Gasteiger partial charge in [-0.05, 0) is 31.3 Å². The first-order valence-electron chi connectivity index (χ1n) is 5.02. The molecule has 0 heterocycles. The summed E-state index contributed by atoms with van der Waals surface area (Å²) in [6.07, 6.45) is -0.590. The first-order chi connectivity index (χ1) is 7.67. The number of ether oxygens (including phenoxy) is 1. The Balaban J connectivity index is 2.59. The number of hydrogen-bond donors (Lipinski definition) is 2. The fraction of sp³-hybridized carbons (Fsp3) is 0.455. The van der Waals surface area contributed by atoms with Crippen molar-refractivity contribution in [2.75, 3.05) is 26.5 Å². The zero-order chi connectivity index (χ0) is 12.0. The second kappa shape index (κ2) is 6.62. The van der Waals surface area contributed by atoms with Crippen LogP contribution < -0.4 is 10.1 Å². The third-order valence-corrected chi connectivity index (χ3v) is 3.59. The smallest absolute Gasteiger partial charge is 0.118 e. The molecule has 2 N–H and O–H groups in total. The predicted octanol–water partition coefficient (Wildman–Crippen LogP) is 0.383. The van der Waals surface area contributed by atoms with E-state index >= 15 is 0 Å². The molecule has 2 unspecified atom stereocenters. The molecule has 0 saturated heterocycles. The summed E-state index contributed by atoms with van der Waals surface area (Å²) in [4.78, 5) is 0.705. The molecule has 0 aromatic heterocycles. The van der Waals surface area contributed by atoms with Gasteiger partial charge in [-0.1, -0.05) is 0 Å². The Morgan fingerprint density at radius 1 is 1.44 bits per heavy atom. The van der Waals surface area contributed by atoms with Crippen LogP contribution in [0.5, 0.6) is 5.75 Å². The maximum Gasteiger partial charge on any atom is 0.118 e. The van der Waals surface area contributed by atoms with Crippen LogP contribution >= 0.6 is 0 Å². The highest BCUT2D eigenvalue weighted by Gasteiger charge is 2.10. The van der Waals surface area contributed by atoms with E-state index in [0.717, 1.165) is 5.75 Å². The van der Waals surface area contributed by atoms with Gasteiger partial charge < -0.3 is 15.2 Å². The molecule has 0 aliphatic heterocycles. The standard InChI is InChI=1S/C11H17NO3S/c1-12-7-9(13)8-16(14)11-5-3-10(15-2)4-6-11/h3-6,9,12-13H,7-8H2,1-2H3. The van der Waals surface area contributed by atoms with Gasteiger partial charge in [0.1, 0.15) is 5.75 Å². The number of aliphatic hydroxyl groups excluding tert-OH is 1. The van der Waals surface area contributed by atoms with Gasteiger partial charge in [0.15, 0.2) is 0 Å². The number of aliphatic hydroxyl groups is 1. The molecule has 1 aromatic carbocycles. The van der Waals surface area contributed by atoms with Gasteiger partial charge in [-0.3, -0.25) is 4.21 Å². The van der Waals surface area contributed by atoms with Crippen LogP contribution in [0.3, 0.4) is 0 Å². The summed E-state index contributed by atoms with van der Waals surface area (Å²) in [7, 11) is 2.16. The first kappa shape index (κ1) is 13.2. The van der Waals surface area contributed by atoms with E-state index in [-0.39, 0.29) is 5.75 Å². The van der Waals surface area contributed by atoms with E-state index in [0.29, 0.717) is 11.4 Å². The van der Waals surface area contributed by atoms with Crippen LogP contribution in [0.2, 0.25) is 0 Å². The molecule has 16 heavy (non-hydrogen) atoms. The summed E-state index contributed by atoms with van der Waals surface area (Å²) in [6.45, 7) is 0.446. The molecule has 0 aliphatic carbocycles. The average molecular weight is 243 g/mol. The lowest BCUT2D eigenvalue weighted by molar-refractivity contribution is 0.198. The lowest BCUT2D eigenvalue weighted by Crippen LogP contribution is -2.28. The van der Waals surface area contributed by atoms with Crippen molar-refractivity contribution in [1.29, 1.82) is 0 Å². The van der Waals surface area contributed by atoms with Gasteiger partial charge in [-0.15, -0.1) is 0 Å². The quantitative estimate of drug-likeness (QED) is 0.758. The second-order valence-corrected chi connectivity index (χ2v) is 4.90. The molecule has 0 bridgehead atoms. The fourth-order valence-corrected chi connectivity index (χ4v) is 2.39. The van der Waals surface area contributed by atoms with Crippen LogP contribution in [0.25, 0.3) is 0 Å². The number of nitrogens with one attached hydrogen (secondary N) is 1. The molecule has 0 amide bonds. The van der Waals surface area contributed by atoms with Crippen LogP contribution in [0.15, 0.2) is 29.2 Å². The number of methoxy groups -OCH3 is 1. The van der Waals surface area contributed by atoms with Crippen molar-refractivity contribution < 1.29 is 14.1 Å². The monoisotopic (exact) mass is 243 g/mol. The van der Waals surface area contributed by atoms with Crippen LogP contribution in [0.4, 0.5) is 0 Å². The Kier molecular flexibility index (Phi) is 5.45. The summed E-state index contributed by atoms with van der Waals surface area (Å²) >= 11 is 0. The molecule has 2 atom stereocenters. The maximum absolute atomic E-state index is 11.8. The van der Waals surface area contributed by atoms with Gasteiger partial charge in [-0.25, -0.2) is 0 Å². The summed E-state index contributed by atoms with van der Waals surface area (Å²) in [6, 6.07) is 7.03. The molecular weight excluding hydrogens is 226 g/mol. The average Bonchev–Trinajstić information content (AvgIpc) is 2.29. The van der Waals surface area contributed by atoms with E-state index in [1.54, 1.807) is 38.4 Å². The molecule has 0 spiro atoms. The first-order valence-corrected chi connectivity index (χ1v) is 6.34. The van der Waals surface area contributed by atoms with E-state index in [4.69, 9.17) is 4.74 Å². The minimum atomic E-state index is -1.17. The molecule has 1 rings (SSSR count). The largest absolute Gasteiger partial charge is 0.497 e. The Morgan fingerprint density at radius 2 is 2.06 bits per heavy atom. The predicted molar refractivity (Wildman–Crippen MR) is 64.2 cm³/mol. The third kappa shape index (κ3) is 3.92. The molecule has 0 aliphatic rings. The zero-order valence-electron chi connectivity index (χ0n) is 9.47. The van der Waals surface area contributed by atoms with Crippen LogP contribution in [0.1, 0.15) is 0 Å². The normalized spacial score (nSPS) is 14.4. The van der Waals surface area contributed by atoms with Crippen molar-refractivity contribution in [3.63, 3.8) is 0 Å². The highest BCUT2D eigenvalue weighted by molar-refractivity contribution is 7.85. The molecule has 5 heteroatoms. The number of likely N-dealkylation sites (N-methyl/N-ethyl adjacent to an activating group) is 1. The third-order valence-electron chi connectivity index (χ3n) is 2.11. The SMILES string of the molecule is CNCC(O)CS(=O)c1ccc(OC)cc1. The minimum absolute atomic E-state index is 0.243. The lowest BCUT2D eigenvalue weighted by Gasteiger charge is -2.09. The molecule has 1 aromatic rings. The maximum atomic E-state index is 11.8. The van der Waals surface area contributed by atoms with E-state index < -0.39 is 16.9 Å². The Hall–Kier alpha value is -0.910. The van der Waals surface area contributed by atoms with Gasteiger partial charge in [-0.2, -0.15) is 0 Å². The summed E-state index contributed by atoms with van der Waals surface area (Å²) < 4.78 is 16.8. The van der Waals surface area contributed by atoms with E-state index in [2.05, 4.69) is 5.32 Å². The number of benzene rings is 1. The number of rotatable bonds is 6. The van der Waals surface area contributed by atoms with Crippen molar-refractivity contribution >= 4 is 10.8 Å². The van der Waals surface area contributed by atoms with Gasteiger partial charge in [0.05, 0.1) is 29.8 Å². The zero-order valence-corrected chi connectivity index (χ0v) is 10.3. The van der Waals surface area contributed by atoms with Crippen molar-refractivity contribution in [2.45, 2.75) is 11.0 Å². The van der Waals surface area contributed by atoms with Gasteiger partial charge >= 0.3 is 0 Å². The van der Waals surface area contributed by atoms with Crippen LogP contribution in [-0.4, -0.2) is 41.9 Å². The van der Waals surface area contributed by atoms with E-state index in [1.165, 1.54) is 0 Å². The topological polar surface area (TPSA) is 58.6 Å². The minimum Gasteiger partial charge on any atom is -0.497 e. The Morgan fingerprint density at radius 3 is 2.56 bits per heavy atom. The van der Waals surface area contributed by atoms with Gasteiger partial charge in [0, 0.05) is 11.4 Å². The fourth-order valence-electron chi connectivity index (χ4n) is 1.29. The molecule has 4 nitrogen and oxygen atoms in total. The van der Waals surface area contributed by atoms with E-state index in [9.17, 15) is 9.32 Å². The van der Waals surface area contributed by atoms with Crippen molar-refractivity contribution in [1.82, 2.24) is 5.32 Å². The van der Waals surface area contributed by atoms with Crippen molar-refractivity contribution in [3.05, 3.63) is 24.3 Å². The highest BCUT2D eigenvalue weighted by Crippen LogP contribution is 2.14. The van der Waals surface area contributed by atoms with Crippen molar-refractivity contribution in [3.8, 4) is 5.75 Å². The Bertz CT molecular complexity index is 340. The summed E-state index contributed by atoms with van der Waals surface area (Å²) in [5, 5.41) is 12.3. The van der Waals surface area contributed by atoms with Crippen LogP contribution in [-0.2, 0) is 10.8 Å². The van der Waals surface area contributed by atoms with Crippen molar-refractivity contribution in [2.24, 2.45) is 0 Å². The molecule has 0 radical (unpaired) electrons. The molecular formula is C11H17NO3S.